The molecule has 0 saturated heterocycles. The average molecular weight is 288 g/mol. The van der Waals surface area contributed by atoms with Gasteiger partial charge in [0.1, 0.15) is 0 Å². The largest absolute Gasteiger partial charge is 0.312 e. The van der Waals surface area contributed by atoms with Gasteiger partial charge in [-0.3, -0.25) is 0 Å². The van der Waals surface area contributed by atoms with Crippen molar-refractivity contribution in [3.8, 4) is 11.1 Å². The zero-order valence-corrected chi connectivity index (χ0v) is 11.1. The summed E-state index contributed by atoms with van der Waals surface area (Å²) in [5.74, 6) is 0. The molecule has 0 aromatic heterocycles. The van der Waals surface area contributed by atoms with E-state index in [1.54, 1.807) is 0 Å². The van der Waals surface area contributed by atoms with Crippen molar-refractivity contribution in [1.29, 1.82) is 0 Å². The van der Waals surface area contributed by atoms with Crippen molar-refractivity contribution < 1.29 is 0 Å². The molecule has 0 spiro atoms. The molecule has 3 rings (SSSR count). The maximum atomic E-state index is 3.69. The van der Waals surface area contributed by atoms with Gasteiger partial charge in [0.2, 0.25) is 0 Å². The molecule has 2 heteroatoms. The number of hydrogen-bond donors (Lipinski definition) is 1. The third-order valence-corrected chi connectivity index (χ3v) is 3.92. The fourth-order valence-corrected chi connectivity index (χ4v) is 2.96. The van der Waals surface area contributed by atoms with E-state index in [-0.39, 0.29) is 0 Å². The lowest BCUT2D eigenvalue weighted by Gasteiger charge is -2.19. The Morgan fingerprint density at radius 1 is 1.00 bits per heavy atom. The number of halogens is 1. The number of benzene rings is 2. The van der Waals surface area contributed by atoms with Gasteiger partial charge in [-0.15, -0.1) is 0 Å². The predicted octanol–water partition coefficient (Wildman–Crippen LogP) is 3.76. The average Bonchev–Trinajstić information content (AvgIpc) is 2.39. The van der Waals surface area contributed by atoms with Gasteiger partial charge in [-0.1, -0.05) is 46.3 Å². The Morgan fingerprint density at radius 3 is 2.65 bits per heavy atom. The normalized spacial score (nSPS) is 14.4. The number of rotatable bonds is 1. The maximum Gasteiger partial charge on any atom is 0.0256 e. The van der Waals surface area contributed by atoms with Gasteiger partial charge in [0.15, 0.2) is 0 Å². The zero-order valence-electron chi connectivity index (χ0n) is 9.54. The summed E-state index contributed by atoms with van der Waals surface area (Å²) >= 11 is 3.69. The van der Waals surface area contributed by atoms with Crippen LogP contribution < -0.4 is 5.32 Å². The Bertz CT molecular complexity index is 534. The van der Waals surface area contributed by atoms with E-state index in [1.165, 1.54) is 26.7 Å². The predicted molar refractivity (Wildman–Crippen MR) is 75.0 cm³/mol. The number of nitrogens with one attached hydrogen (secondary N) is 1. The smallest absolute Gasteiger partial charge is 0.0256 e. The van der Waals surface area contributed by atoms with E-state index in [9.17, 15) is 0 Å². The van der Waals surface area contributed by atoms with Crippen LogP contribution in [0.4, 0.5) is 0 Å². The molecule has 2 aromatic carbocycles. The Kier molecular flexibility index (Phi) is 3.00. The van der Waals surface area contributed by atoms with E-state index in [2.05, 4.69) is 63.7 Å². The van der Waals surface area contributed by atoms with Crippen LogP contribution in [0.15, 0.2) is 46.9 Å². The second kappa shape index (κ2) is 4.63. The van der Waals surface area contributed by atoms with Crippen molar-refractivity contribution >= 4 is 15.9 Å². The number of fused-ring (bicyclic) bond motifs is 1. The van der Waals surface area contributed by atoms with Gasteiger partial charge in [-0.25, -0.2) is 0 Å². The SMILES string of the molecule is Brc1cc2c(cc1-c1ccccc1)CNCC2. The van der Waals surface area contributed by atoms with Crippen LogP contribution in [0.5, 0.6) is 0 Å². The highest BCUT2D eigenvalue weighted by atomic mass is 79.9. The molecule has 0 atom stereocenters. The lowest BCUT2D eigenvalue weighted by molar-refractivity contribution is 0.643. The first-order valence-electron chi connectivity index (χ1n) is 5.92. The zero-order chi connectivity index (χ0) is 11.7. The molecule has 0 unspecified atom stereocenters. The Labute approximate surface area is 110 Å². The molecule has 1 N–H and O–H groups in total. The van der Waals surface area contributed by atoms with E-state index >= 15 is 0 Å². The molecule has 0 aliphatic carbocycles. The van der Waals surface area contributed by atoms with Crippen LogP contribution in [-0.2, 0) is 13.0 Å². The number of hydrogen-bond acceptors (Lipinski definition) is 1. The first-order valence-corrected chi connectivity index (χ1v) is 6.71. The lowest BCUT2D eigenvalue weighted by atomic mass is 9.95. The highest BCUT2D eigenvalue weighted by Gasteiger charge is 2.12. The molecule has 17 heavy (non-hydrogen) atoms. The third-order valence-electron chi connectivity index (χ3n) is 3.26. The molecular weight excluding hydrogens is 274 g/mol. The van der Waals surface area contributed by atoms with E-state index in [0.717, 1.165) is 19.5 Å². The second-order valence-electron chi connectivity index (χ2n) is 4.39. The summed E-state index contributed by atoms with van der Waals surface area (Å²) < 4.78 is 1.20. The highest BCUT2D eigenvalue weighted by Crippen LogP contribution is 2.32. The molecule has 86 valence electrons. The monoisotopic (exact) mass is 287 g/mol. The molecule has 1 aliphatic heterocycles. The quantitative estimate of drug-likeness (QED) is 0.842. The molecule has 0 bridgehead atoms. The van der Waals surface area contributed by atoms with E-state index in [4.69, 9.17) is 0 Å². The molecule has 2 aromatic rings. The van der Waals surface area contributed by atoms with Crippen molar-refractivity contribution in [2.75, 3.05) is 6.54 Å². The van der Waals surface area contributed by atoms with Gasteiger partial charge >= 0.3 is 0 Å². The van der Waals surface area contributed by atoms with Gasteiger partial charge in [0.25, 0.3) is 0 Å². The summed E-state index contributed by atoms with van der Waals surface area (Å²) in [6.45, 7) is 2.08. The van der Waals surface area contributed by atoms with Gasteiger partial charge < -0.3 is 5.32 Å². The summed E-state index contributed by atoms with van der Waals surface area (Å²) in [5.41, 5.74) is 5.45. The van der Waals surface area contributed by atoms with Crippen molar-refractivity contribution in [2.24, 2.45) is 0 Å². The van der Waals surface area contributed by atoms with Crippen LogP contribution in [0.25, 0.3) is 11.1 Å². The van der Waals surface area contributed by atoms with Gasteiger partial charge in [-0.2, -0.15) is 0 Å². The molecule has 0 radical (unpaired) electrons. The molecule has 1 heterocycles. The first-order chi connectivity index (χ1) is 8.34. The molecule has 1 aliphatic rings. The third kappa shape index (κ3) is 2.15. The molecule has 0 fully saturated rings. The minimum absolute atomic E-state index is 0.989. The molecule has 0 saturated carbocycles. The molecular formula is C15H14BrN. The Morgan fingerprint density at radius 2 is 1.82 bits per heavy atom. The fourth-order valence-electron chi connectivity index (χ4n) is 2.34. The minimum Gasteiger partial charge on any atom is -0.312 e. The van der Waals surface area contributed by atoms with Gasteiger partial charge in [0.05, 0.1) is 0 Å². The lowest BCUT2D eigenvalue weighted by Crippen LogP contribution is -2.23. The van der Waals surface area contributed by atoms with Crippen molar-refractivity contribution in [3.63, 3.8) is 0 Å². The van der Waals surface area contributed by atoms with Crippen LogP contribution >= 0.6 is 15.9 Å². The first kappa shape index (κ1) is 11.0. The van der Waals surface area contributed by atoms with Crippen LogP contribution in [-0.4, -0.2) is 6.54 Å². The standard InChI is InChI=1S/C15H14BrN/c16-15-9-12-6-7-17-10-13(12)8-14(15)11-4-2-1-3-5-11/h1-5,8-9,17H,6-7,10H2. The van der Waals surface area contributed by atoms with E-state index < -0.39 is 0 Å². The molecule has 1 nitrogen and oxygen atoms in total. The van der Waals surface area contributed by atoms with Crippen molar-refractivity contribution in [1.82, 2.24) is 5.32 Å². The fraction of sp³-hybridized carbons (Fsp3) is 0.200. The maximum absolute atomic E-state index is 3.69. The summed E-state index contributed by atoms with van der Waals surface area (Å²) in [4.78, 5) is 0. The van der Waals surface area contributed by atoms with Crippen molar-refractivity contribution in [3.05, 3.63) is 58.1 Å². The van der Waals surface area contributed by atoms with Crippen LogP contribution in [0.3, 0.4) is 0 Å². The van der Waals surface area contributed by atoms with Crippen LogP contribution in [0.2, 0.25) is 0 Å². The summed E-state index contributed by atoms with van der Waals surface area (Å²) in [6, 6.07) is 15.1. The highest BCUT2D eigenvalue weighted by molar-refractivity contribution is 9.10. The Hall–Kier alpha value is -1.12. The van der Waals surface area contributed by atoms with Crippen molar-refractivity contribution in [2.45, 2.75) is 13.0 Å². The van der Waals surface area contributed by atoms with Gasteiger partial charge in [-0.05, 0) is 47.4 Å². The molecule has 0 amide bonds. The van der Waals surface area contributed by atoms with Gasteiger partial charge in [0, 0.05) is 11.0 Å². The van der Waals surface area contributed by atoms with Crippen LogP contribution in [0.1, 0.15) is 11.1 Å². The minimum atomic E-state index is 0.989. The Balaban J connectivity index is 2.12. The van der Waals surface area contributed by atoms with E-state index in [0.29, 0.717) is 0 Å². The summed E-state index contributed by atoms with van der Waals surface area (Å²) in [6.07, 6.45) is 1.13. The van der Waals surface area contributed by atoms with E-state index in [1.807, 2.05) is 0 Å². The topological polar surface area (TPSA) is 12.0 Å². The summed E-state index contributed by atoms with van der Waals surface area (Å²) in [7, 11) is 0. The second-order valence-corrected chi connectivity index (χ2v) is 5.25. The van der Waals surface area contributed by atoms with Crippen LogP contribution in [0, 0.1) is 0 Å². The summed E-state index contributed by atoms with van der Waals surface area (Å²) in [5, 5.41) is 3.42.